The van der Waals surface area contributed by atoms with Crippen LogP contribution in [-0.2, 0) is 21.2 Å². The number of sulfonamides is 1. The second kappa shape index (κ2) is 8.24. The van der Waals surface area contributed by atoms with Crippen molar-refractivity contribution in [2.75, 3.05) is 29.3 Å². The summed E-state index contributed by atoms with van der Waals surface area (Å²) in [5, 5.41) is 0. The Hall–Kier alpha value is -2.87. The average molecular weight is 416 g/mol. The number of carbonyl (C=O) groups is 2. The van der Waals surface area contributed by atoms with Gasteiger partial charge >= 0.3 is 0 Å². The smallest absolute Gasteiger partial charge is 0.261 e. The first kappa shape index (κ1) is 20.9. The number of nitrogens with one attached hydrogen (secondary N) is 1. The fourth-order valence-electron chi connectivity index (χ4n) is 3.46. The van der Waals surface area contributed by atoms with E-state index in [1.54, 1.807) is 46.2 Å². The Labute approximate surface area is 171 Å². The fourth-order valence-corrected chi connectivity index (χ4v) is 4.57. The van der Waals surface area contributed by atoms with Crippen molar-refractivity contribution in [2.24, 2.45) is 0 Å². The van der Waals surface area contributed by atoms with Crippen LogP contribution in [-0.4, -0.2) is 44.8 Å². The van der Waals surface area contributed by atoms with Crippen LogP contribution in [0.4, 0.5) is 11.4 Å². The van der Waals surface area contributed by atoms with Crippen molar-refractivity contribution >= 4 is 33.2 Å². The van der Waals surface area contributed by atoms with Crippen molar-refractivity contribution in [2.45, 2.75) is 32.1 Å². The van der Waals surface area contributed by atoms with Crippen LogP contribution in [0.3, 0.4) is 0 Å². The van der Waals surface area contributed by atoms with Gasteiger partial charge in [-0.2, -0.15) is 0 Å². The number of anilines is 2. The van der Waals surface area contributed by atoms with Gasteiger partial charge in [0.25, 0.3) is 15.9 Å². The monoisotopic (exact) mass is 415 g/mol. The topological polar surface area (TPSA) is 86.8 Å². The van der Waals surface area contributed by atoms with Gasteiger partial charge in [0.05, 0.1) is 4.90 Å². The Balaban J connectivity index is 1.78. The number of carbonyl (C=O) groups excluding carboxylic acids is 2. The number of nitrogens with zero attached hydrogens (tertiary/aromatic N) is 2. The van der Waals surface area contributed by atoms with Crippen LogP contribution < -0.4 is 9.62 Å². The minimum absolute atomic E-state index is 0.0585. The molecule has 2 aromatic carbocycles. The van der Waals surface area contributed by atoms with E-state index in [0.29, 0.717) is 37.3 Å². The summed E-state index contributed by atoms with van der Waals surface area (Å²) in [7, 11) is -3.78. The maximum atomic E-state index is 12.8. The van der Waals surface area contributed by atoms with E-state index in [-0.39, 0.29) is 16.7 Å². The fraction of sp³-hybridized carbons (Fsp3) is 0.333. The van der Waals surface area contributed by atoms with Gasteiger partial charge in [0.15, 0.2) is 0 Å². The van der Waals surface area contributed by atoms with Gasteiger partial charge in [-0.1, -0.05) is 0 Å². The third-order valence-corrected chi connectivity index (χ3v) is 6.45. The van der Waals surface area contributed by atoms with E-state index >= 15 is 0 Å². The molecule has 1 aliphatic rings. The Morgan fingerprint density at radius 3 is 2.31 bits per heavy atom. The predicted octanol–water partition coefficient (Wildman–Crippen LogP) is 2.88. The van der Waals surface area contributed by atoms with Gasteiger partial charge in [-0.15, -0.1) is 0 Å². The molecule has 0 fully saturated rings. The number of benzene rings is 2. The van der Waals surface area contributed by atoms with Gasteiger partial charge in [0.2, 0.25) is 5.91 Å². The van der Waals surface area contributed by atoms with E-state index in [1.807, 2.05) is 13.8 Å². The Bertz CT molecular complexity index is 1030. The summed E-state index contributed by atoms with van der Waals surface area (Å²) in [4.78, 5) is 27.5. The standard InChI is InChI=1S/C21H25N3O4S/c1-4-23(5-2)21(26)16-6-8-18(9-7-16)22-29(27,28)19-10-11-20-17(14-19)12-13-24(20)15(3)25/h6-11,14,22H,4-5,12-13H2,1-3H3. The largest absolute Gasteiger partial charge is 0.339 e. The molecule has 1 aliphatic heterocycles. The first-order valence-electron chi connectivity index (χ1n) is 9.60. The molecule has 154 valence electrons. The summed E-state index contributed by atoms with van der Waals surface area (Å²) in [5.74, 6) is -0.144. The lowest BCUT2D eigenvalue weighted by atomic mass is 10.2. The lowest BCUT2D eigenvalue weighted by Gasteiger charge is -2.18. The van der Waals surface area contributed by atoms with Crippen molar-refractivity contribution in [3.05, 3.63) is 53.6 Å². The minimum Gasteiger partial charge on any atom is -0.339 e. The maximum absolute atomic E-state index is 12.8. The Morgan fingerprint density at radius 1 is 1.07 bits per heavy atom. The quantitative estimate of drug-likeness (QED) is 0.786. The first-order chi connectivity index (χ1) is 13.8. The number of hydrogen-bond acceptors (Lipinski definition) is 4. The molecular formula is C21H25N3O4S. The van der Waals surface area contributed by atoms with Crippen molar-refractivity contribution in [1.82, 2.24) is 4.90 Å². The van der Waals surface area contributed by atoms with E-state index in [9.17, 15) is 18.0 Å². The van der Waals surface area contributed by atoms with Crippen LogP contribution in [0.2, 0.25) is 0 Å². The highest BCUT2D eigenvalue weighted by molar-refractivity contribution is 7.92. The molecule has 7 nitrogen and oxygen atoms in total. The molecule has 0 unspecified atom stereocenters. The van der Waals surface area contributed by atoms with E-state index in [1.165, 1.54) is 13.0 Å². The molecule has 0 saturated heterocycles. The molecule has 2 amide bonds. The molecule has 8 heteroatoms. The van der Waals surface area contributed by atoms with Crippen LogP contribution in [0.5, 0.6) is 0 Å². The zero-order valence-electron chi connectivity index (χ0n) is 16.8. The SMILES string of the molecule is CCN(CC)C(=O)c1ccc(NS(=O)(=O)c2ccc3c(c2)CCN3C(C)=O)cc1. The van der Waals surface area contributed by atoms with Gasteiger partial charge in [0.1, 0.15) is 0 Å². The minimum atomic E-state index is -3.78. The van der Waals surface area contributed by atoms with E-state index in [2.05, 4.69) is 4.72 Å². The van der Waals surface area contributed by atoms with Crippen LogP contribution in [0.25, 0.3) is 0 Å². The summed E-state index contributed by atoms with van der Waals surface area (Å²) in [5.41, 5.74) is 2.49. The summed E-state index contributed by atoms with van der Waals surface area (Å²) >= 11 is 0. The van der Waals surface area contributed by atoms with Crippen LogP contribution in [0, 0.1) is 0 Å². The zero-order valence-corrected chi connectivity index (χ0v) is 17.6. The third kappa shape index (κ3) is 4.27. The Morgan fingerprint density at radius 2 is 1.72 bits per heavy atom. The molecule has 0 aromatic heterocycles. The summed E-state index contributed by atoms with van der Waals surface area (Å²) in [6.07, 6.45) is 0.625. The Kier molecular flexibility index (Phi) is 5.93. The zero-order chi connectivity index (χ0) is 21.2. The molecule has 0 atom stereocenters. The number of hydrogen-bond donors (Lipinski definition) is 1. The molecule has 0 radical (unpaired) electrons. The molecule has 29 heavy (non-hydrogen) atoms. The number of rotatable bonds is 6. The van der Waals surface area contributed by atoms with Crippen LogP contribution in [0.15, 0.2) is 47.4 Å². The number of fused-ring (bicyclic) bond motifs is 1. The van der Waals surface area contributed by atoms with Gasteiger partial charge in [-0.05, 0) is 68.3 Å². The number of amides is 2. The molecule has 0 aliphatic carbocycles. The third-order valence-electron chi connectivity index (χ3n) is 5.07. The molecule has 2 aromatic rings. The van der Waals surface area contributed by atoms with E-state index in [4.69, 9.17) is 0 Å². The highest BCUT2D eigenvalue weighted by Crippen LogP contribution is 2.30. The van der Waals surface area contributed by atoms with Crippen LogP contribution >= 0.6 is 0 Å². The lowest BCUT2D eigenvalue weighted by Crippen LogP contribution is -2.30. The van der Waals surface area contributed by atoms with Gasteiger partial charge < -0.3 is 9.80 Å². The van der Waals surface area contributed by atoms with Crippen molar-refractivity contribution in [1.29, 1.82) is 0 Å². The summed E-state index contributed by atoms with van der Waals surface area (Å²) < 4.78 is 28.1. The highest BCUT2D eigenvalue weighted by Gasteiger charge is 2.25. The summed E-state index contributed by atoms with van der Waals surface area (Å²) in [6, 6.07) is 11.2. The molecule has 0 spiro atoms. The first-order valence-corrected chi connectivity index (χ1v) is 11.1. The van der Waals surface area contributed by atoms with Crippen molar-refractivity contribution in [3.63, 3.8) is 0 Å². The van der Waals surface area contributed by atoms with E-state index < -0.39 is 10.0 Å². The van der Waals surface area contributed by atoms with Gasteiger partial charge in [0, 0.05) is 43.5 Å². The second-order valence-electron chi connectivity index (χ2n) is 6.87. The van der Waals surface area contributed by atoms with E-state index in [0.717, 1.165) is 11.3 Å². The molecule has 0 bridgehead atoms. The van der Waals surface area contributed by atoms with Gasteiger partial charge in [-0.3, -0.25) is 14.3 Å². The molecule has 1 N–H and O–H groups in total. The summed E-state index contributed by atoms with van der Waals surface area (Å²) in [6.45, 7) is 7.11. The molecular weight excluding hydrogens is 390 g/mol. The average Bonchev–Trinajstić information content (AvgIpc) is 3.12. The van der Waals surface area contributed by atoms with Crippen LogP contribution in [0.1, 0.15) is 36.7 Å². The lowest BCUT2D eigenvalue weighted by molar-refractivity contribution is -0.116. The van der Waals surface area contributed by atoms with Crippen molar-refractivity contribution < 1.29 is 18.0 Å². The molecule has 3 rings (SSSR count). The highest BCUT2D eigenvalue weighted by atomic mass is 32.2. The molecule has 0 saturated carbocycles. The molecule has 1 heterocycles. The second-order valence-corrected chi connectivity index (χ2v) is 8.55. The van der Waals surface area contributed by atoms with Gasteiger partial charge in [-0.25, -0.2) is 8.42 Å². The maximum Gasteiger partial charge on any atom is 0.261 e. The normalized spacial score (nSPS) is 13.1. The van der Waals surface area contributed by atoms with Crippen molar-refractivity contribution in [3.8, 4) is 0 Å². The predicted molar refractivity (Wildman–Crippen MR) is 113 cm³/mol.